The maximum atomic E-state index is 12.7. The minimum atomic E-state index is -0.340. The molecule has 0 fully saturated rings. The molecule has 156 valence electrons. The Morgan fingerprint density at radius 1 is 1.03 bits per heavy atom. The molecule has 1 N–H and O–H groups in total. The zero-order chi connectivity index (χ0) is 21.5. The van der Waals surface area contributed by atoms with Crippen molar-refractivity contribution in [3.05, 3.63) is 90.3 Å². The Kier molecular flexibility index (Phi) is 6.59. The van der Waals surface area contributed by atoms with E-state index in [0.717, 1.165) is 22.6 Å². The molecule has 2 aromatic heterocycles. The monoisotopic (exact) mass is 432 g/mol. The summed E-state index contributed by atoms with van der Waals surface area (Å²) in [6.07, 6.45) is 1.71. The molecule has 8 heteroatoms. The third kappa shape index (κ3) is 5.29. The van der Waals surface area contributed by atoms with Crippen molar-refractivity contribution in [2.24, 2.45) is 0 Å². The number of rotatable bonds is 8. The van der Waals surface area contributed by atoms with Crippen LogP contribution in [0.3, 0.4) is 0 Å². The summed E-state index contributed by atoms with van der Waals surface area (Å²) in [6.45, 7) is 0. The number of carbonyl (C=O) groups excluding carboxylic acids is 1. The van der Waals surface area contributed by atoms with Gasteiger partial charge in [0.15, 0.2) is 0 Å². The summed E-state index contributed by atoms with van der Waals surface area (Å²) < 4.78 is 10.8. The highest BCUT2D eigenvalue weighted by molar-refractivity contribution is 7.99. The van der Waals surface area contributed by atoms with Crippen molar-refractivity contribution in [2.75, 3.05) is 12.9 Å². The molecule has 0 aliphatic rings. The number of nitrogens with one attached hydrogen (secondary N) is 1. The Morgan fingerprint density at radius 3 is 2.52 bits per heavy atom. The molecule has 0 radical (unpaired) electrons. The Bertz CT molecular complexity index is 1080. The molecule has 1 unspecified atom stereocenters. The lowest BCUT2D eigenvalue weighted by Crippen LogP contribution is -2.31. The van der Waals surface area contributed by atoms with Gasteiger partial charge in [0, 0.05) is 11.8 Å². The number of nitrogens with zero attached hydrogens (tertiary/aromatic N) is 3. The minimum absolute atomic E-state index is 0.139. The lowest BCUT2D eigenvalue weighted by molar-refractivity contribution is -0.119. The van der Waals surface area contributed by atoms with Gasteiger partial charge in [0.25, 0.3) is 5.22 Å². The Balaban J connectivity index is 1.40. The molecule has 2 heterocycles. The number of thioether (sulfide) groups is 1. The van der Waals surface area contributed by atoms with Gasteiger partial charge in [-0.25, -0.2) is 0 Å². The molecule has 0 saturated heterocycles. The van der Waals surface area contributed by atoms with Crippen LogP contribution in [0.15, 0.2) is 88.6 Å². The third-order valence-electron chi connectivity index (χ3n) is 4.49. The first-order valence-corrected chi connectivity index (χ1v) is 10.6. The zero-order valence-electron chi connectivity index (χ0n) is 16.8. The molecule has 7 nitrogen and oxygen atoms in total. The van der Waals surface area contributed by atoms with Crippen molar-refractivity contribution in [2.45, 2.75) is 11.3 Å². The zero-order valence-corrected chi connectivity index (χ0v) is 17.6. The van der Waals surface area contributed by atoms with Gasteiger partial charge in [0.05, 0.1) is 24.6 Å². The van der Waals surface area contributed by atoms with Gasteiger partial charge in [-0.05, 0) is 42.0 Å². The average molecular weight is 433 g/mol. The van der Waals surface area contributed by atoms with Gasteiger partial charge in [-0.15, -0.1) is 10.2 Å². The summed E-state index contributed by atoms with van der Waals surface area (Å²) in [7, 11) is 1.61. The molecule has 0 saturated carbocycles. The topological polar surface area (TPSA) is 90.1 Å². The van der Waals surface area contributed by atoms with Crippen molar-refractivity contribution >= 4 is 17.7 Å². The van der Waals surface area contributed by atoms with E-state index in [-0.39, 0.29) is 17.7 Å². The van der Waals surface area contributed by atoms with Crippen molar-refractivity contribution < 1.29 is 13.9 Å². The van der Waals surface area contributed by atoms with Crippen molar-refractivity contribution in [1.82, 2.24) is 20.5 Å². The number of hydrogen-bond donors (Lipinski definition) is 1. The first kappa shape index (κ1) is 20.6. The van der Waals surface area contributed by atoms with Crippen LogP contribution in [0.5, 0.6) is 5.75 Å². The van der Waals surface area contributed by atoms with Gasteiger partial charge in [0.1, 0.15) is 5.75 Å². The number of ether oxygens (including phenoxy) is 1. The Morgan fingerprint density at radius 2 is 1.81 bits per heavy atom. The molecular weight excluding hydrogens is 412 g/mol. The van der Waals surface area contributed by atoms with E-state index in [0.29, 0.717) is 11.1 Å². The molecule has 0 aliphatic heterocycles. The van der Waals surface area contributed by atoms with Crippen LogP contribution in [0.25, 0.3) is 11.5 Å². The molecule has 1 atom stereocenters. The lowest BCUT2D eigenvalue weighted by atomic mass is 10.0. The van der Waals surface area contributed by atoms with Crippen LogP contribution in [-0.4, -0.2) is 34.0 Å². The highest BCUT2D eigenvalue weighted by Gasteiger charge is 2.19. The maximum absolute atomic E-state index is 12.7. The summed E-state index contributed by atoms with van der Waals surface area (Å²) in [5, 5.41) is 11.5. The largest absolute Gasteiger partial charge is 0.497 e. The van der Waals surface area contributed by atoms with E-state index in [2.05, 4.69) is 20.5 Å². The third-order valence-corrected chi connectivity index (χ3v) is 5.31. The number of amides is 1. The van der Waals surface area contributed by atoms with Crippen molar-refractivity contribution in [3.63, 3.8) is 0 Å². The second-order valence-electron chi connectivity index (χ2n) is 6.56. The fourth-order valence-electron chi connectivity index (χ4n) is 2.97. The van der Waals surface area contributed by atoms with Gasteiger partial charge >= 0.3 is 0 Å². The van der Waals surface area contributed by atoms with E-state index in [1.807, 2.05) is 72.8 Å². The Labute approximate surface area is 183 Å². The summed E-state index contributed by atoms with van der Waals surface area (Å²) in [6, 6.07) is 22.4. The van der Waals surface area contributed by atoms with Gasteiger partial charge in [-0.3, -0.25) is 9.78 Å². The molecule has 31 heavy (non-hydrogen) atoms. The molecular formula is C23H20N4O3S. The standard InChI is InChI=1S/C23H20N4O3S/c1-29-18-12-10-17(11-13-18)22-26-27-23(30-22)31-15-20(28)25-21(16-7-3-2-4-8-16)19-9-5-6-14-24-19/h2-14,21H,15H2,1H3,(H,25,28). The van der Waals surface area contributed by atoms with Crippen LogP contribution in [0.4, 0.5) is 0 Å². The second-order valence-corrected chi connectivity index (χ2v) is 7.48. The van der Waals surface area contributed by atoms with Gasteiger partial charge in [-0.1, -0.05) is 48.2 Å². The van der Waals surface area contributed by atoms with Gasteiger partial charge in [-0.2, -0.15) is 0 Å². The van der Waals surface area contributed by atoms with E-state index in [4.69, 9.17) is 9.15 Å². The van der Waals surface area contributed by atoms with Gasteiger partial charge in [0.2, 0.25) is 11.8 Å². The second kappa shape index (κ2) is 9.90. The molecule has 2 aromatic carbocycles. The molecule has 4 aromatic rings. The molecule has 0 bridgehead atoms. The van der Waals surface area contributed by atoms with Crippen LogP contribution in [0.1, 0.15) is 17.3 Å². The van der Waals surface area contributed by atoms with E-state index >= 15 is 0 Å². The molecule has 0 spiro atoms. The number of benzene rings is 2. The molecule has 1 amide bonds. The van der Waals surface area contributed by atoms with E-state index < -0.39 is 0 Å². The minimum Gasteiger partial charge on any atom is -0.497 e. The molecule has 0 aliphatic carbocycles. The highest BCUT2D eigenvalue weighted by atomic mass is 32.2. The molecule has 4 rings (SSSR count). The first-order valence-electron chi connectivity index (χ1n) is 9.59. The predicted molar refractivity (Wildman–Crippen MR) is 118 cm³/mol. The number of pyridine rings is 1. The van der Waals surface area contributed by atoms with Crippen LogP contribution >= 0.6 is 11.8 Å². The Hall–Kier alpha value is -3.65. The number of methoxy groups -OCH3 is 1. The highest BCUT2D eigenvalue weighted by Crippen LogP contribution is 2.25. The van der Waals surface area contributed by atoms with E-state index in [1.165, 1.54) is 11.8 Å². The summed E-state index contributed by atoms with van der Waals surface area (Å²) in [5.74, 6) is 1.12. The smallest absolute Gasteiger partial charge is 0.277 e. The lowest BCUT2D eigenvalue weighted by Gasteiger charge is -2.18. The maximum Gasteiger partial charge on any atom is 0.277 e. The van der Waals surface area contributed by atoms with Gasteiger partial charge < -0.3 is 14.5 Å². The number of aromatic nitrogens is 3. The summed E-state index contributed by atoms with van der Waals surface area (Å²) >= 11 is 1.19. The fraction of sp³-hybridized carbons (Fsp3) is 0.130. The van der Waals surface area contributed by atoms with E-state index in [1.54, 1.807) is 13.3 Å². The van der Waals surface area contributed by atoms with Crippen LogP contribution in [-0.2, 0) is 4.79 Å². The predicted octanol–water partition coefficient (Wildman–Crippen LogP) is 4.14. The first-order chi connectivity index (χ1) is 15.2. The van der Waals surface area contributed by atoms with Crippen molar-refractivity contribution in [1.29, 1.82) is 0 Å². The summed E-state index contributed by atoms with van der Waals surface area (Å²) in [5.41, 5.74) is 2.51. The quantitative estimate of drug-likeness (QED) is 0.419. The average Bonchev–Trinajstić information content (AvgIpc) is 3.31. The van der Waals surface area contributed by atoms with E-state index in [9.17, 15) is 4.79 Å². The van der Waals surface area contributed by atoms with Crippen LogP contribution in [0.2, 0.25) is 0 Å². The normalized spacial score (nSPS) is 11.6. The SMILES string of the molecule is COc1ccc(-c2nnc(SCC(=O)NC(c3ccccc3)c3ccccn3)o2)cc1. The number of carbonyl (C=O) groups is 1. The number of hydrogen-bond acceptors (Lipinski definition) is 7. The fourth-order valence-corrected chi connectivity index (χ4v) is 3.54. The van der Waals surface area contributed by atoms with Crippen LogP contribution < -0.4 is 10.1 Å². The van der Waals surface area contributed by atoms with Crippen molar-refractivity contribution in [3.8, 4) is 17.2 Å². The summed E-state index contributed by atoms with van der Waals surface area (Å²) in [4.78, 5) is 17.1. The van der Waals surface area contributed by atoms with Crippen LogP contribution in [0, 0.1) is 0 Å².